The molecule has 1 amide bonds. The number of nitrogens with zero attached hydrogens (tertiary/aromatic N) is 1. The zero-order chi connectivity index (χ0) is 7.98. The lowest BCUT2D eigenvalue weighted by Gasteiger charge is -2.14. The highest BCUT2D eigenvalue weighted by molar-refractivity contribution is 5.75. The summed E-state index contributed by atoms with van der Waals surface area (Å²) in [4.78, 5) is 12.5. The Bertz CT molecular complexity index is 104. The first-order valence-corrected chi connectivity index (χ1v) is 3.57. The number of hydrogen-bond acceptors (Lipinski definition) is 2. The first-order valence-electron chi connectivity index (χ1n) is 3.57. The number of aliphatic hydroxyl groups is 1. The highest BCUT2D eigenvalue weighted by Crippen LogP contribution is 1.92. The highest BCUT2D eigenvalue weighted by atomic mass is 16.3. The second-order valence-electron chi connectivity index (χ2n) is 2.29. The van der Waals surface area contributed by atoms with Crippen molar-refractivity contribution in [1.29, 1.82) is 0 Å². The van der Waals surface area contributed by atoms with Crippen molar-refractivity contribution in [3.63, 3.8) is 0 Å². The summed E-state index contributed by atoms with van der Waals surface area (Å²) in [6, 6.07) is 0. The predicted octanol–water partition coefficient (Wildman–Crippen LogP) is 0.237. The van der Waals surface area contributed by atoms with Crippen LogP contribution in [0.3, 0.4) is 0 Å². The van der Waals surface area contributed by atoms with E-state index in [1.54, 1.807) is 11.9 Å². The van der Waals surface area contributed by atoms with Gasteiger partial charge in [0, 0.05) is 20.0 Å². The van der Waals surface area contributed by atoms with E-state index < -0.39 is 0 Å². The Morgan fingerprint density at radius 3 is 2.60 bits per heavy atom. The lowest BCUT2D eigenvalue weighted by molar-refractivity contribution is -0.130. The average Bonchev–Trinajstić information content (AvgIpc) is 1.89. The van der Waals surface area contributed by atoms with E-state index in [4.69, 9.17) is 5.11 Å². The van der Waals surface area contributed by atoms with Crippen LogP contribution >= 0.6 is 0 Å². The van der Waals surface area contributed by atoms with E-state index in [1.807, 2.05) is 6.92 Å². The fourth-order valence-corrected chi connectivity index (χ4v) is 0.679. The van der Waals surface area contributed by atoms with Crippen LogP contribution < -0.4 is 0 Å². The third-order valence-electron chi connectivity index (χ3n) is 1.33. The fraction of sp³-hybridized carbons (Fsp3) is 0.857. The minimum Gasteiger partial charge on any atom is -0.395 e. The number of hydrogen-bond donors (Lipinski definition) is 1. The lowest BCUT2D eigenvalue weighted by Crippen LogP contribution is -2.28. The molecule has 0 atom stereocenters. The van der Waals surface area contributed by atoms with Gasteiger partial charge in [-0.3, -0.25) is 4.79 Å². The van der Waals surface area contributed by atoms with Gasteiger partial charge in [0.05, 0.1) is 6.61 Å². The zero-order valence-corrected chi connectivity index (χ0v) is 6.63. The van der Waals surface area contributed by atoms with Crippen molar-refractivity contribution < 1.29 is 9.90 Å². The van der Waals surface area contributed by atoms with Gasteiger partial charge in [0.1, 0.15) is 0 Å². The Hall–Kier alpha value is -0.570. The smallest absolute Gasteiger partial charge is 0.222 e. The molecule has 3 nitrogen and oxygen atoms in total. The minimum absolute atomic E-state index is 0.0476. The molecule has 0 rings (SSSR count). The molecule has 0 spiro atoms. The van der Waals surface area contributed by atoms with Crippen molar-refractivity contribution in [3.05, 3.63) is 0 Å². The molecule has 0 unspecified atom stereocenters. The largest absolute Gasteiger partial charge is 0.395 e. The summed E-state index contributed by atoms with van der Waals surface area (Å²) in [5, 5.41) is 8.46. The Balaban J connectivity index is 3.49. The van der Waals surface area contributed by atoms with E-state index >= 15 is 0 Å². The SMILES string of the molecule is CCCC(=O)N(C)CCO. The van der Waals surface area contributed by atoms with Crippen molar-refractivity contribution in [3.8, 4) is 0 Å². The van der Waals surface area contributed by atoms with E-state index in [-0.39, 0.29) is 12.5 Å². The molecule has 60 valence electrons. The van der Waals surface area contributed by atoms with E-state index in [0.717, 1.165) is 6.42 Å². The second kappa shape index (κ2) is 5.23. The maximum Gasteiger partial charge on any atom is 0.222 e. The van der Waals surface area contributed by atoms with Gasteiger partial charge in [-0.25, -0.2) is 0 Å². The van der Waals surface area contributed by atoms with Crippen LogP contribution in [0.1, 0.15) is 19.8 Å². The Morgan fingerprint density at radius 1 is 1.60 bits per heavy atom. The van der Waals surface area contributed by atoms with Crippen LogP contribution in [0, 0.1) is 0 Å². The summed E-state index contributed by atoms with van der Waals surface area (Å²) < 4.78 is 0. The van der Waals surface area contributed by atoms with Gasteiger partial charge in [-0.15, -0.1) is 0 Å². The molecule has 0 aromatic rings. The van der Waals surface area contributed by atoms with Crippen LogP contribution in [0.5, 0.6) is 0 Å². The molecule has 0 aliphatic carbocycles. The average molecular weight is 145 g/mol. The van der Waals surface area contributed by atoms with Gasteiger partial charge in [0.2, 0.25) is 5.91 Å². The Morgan fingerprint density at radius 2 is 2.20 bits per heavy atom. The number of carbonyl (C=O) groups excluding carboxylic acids is 1. The van der Waals surface area contributed by atoms with Crippen molar-refractivity contribution in [2.24, 2.45) is 0 Å². The van der Waals surface area contributed by atoms with Gasteiger partial charge in [0.15, 0.2) is 0 Å². The van der Waals surface area contributed by atoms with E-state index in [9.17, 15) is 4.79 Å². The minimum atomic E-state index is 0.0476. The Labute approximate surface area is 61.6 Å². The van der Waals surface area contributed by atoms with E-state index in [1.165, 1.54) is 0 Å². The standard InChI is InChI=1S/C7H15NO2/c1-3-4-7(10)8(2)5-6-9/h9H,3-6H2,1-2H3. The fourth-order valence-electron chi connectivity index (χ4n) is 0.679. The summed E-state index contributed by atoms with van der Waals surface area (Å²) in [7, 11) is 1.70. The molecule has 0 saturated carbocycles. The first-order chi connectivity index (χ1) is 4.72. The normalized spacial score (nSPS) is 9.50. The summed E-state index contributed by atoms with van der Waals surface area (Å²) in [6.45, 7) is 2.45. The third kappa shape index (κ3) is 3.45. The Kier molecular flexibility index (Phi) is 4.94. The molecule has 0 fully saturated rings. The van der Waals surface area contributed by atoms with Crippen molar-refractivity contribution in [2.75, 3.05) is 20.2 Å². The number of amides is 1. The predicted molar refractivity (Wildman–Crippen MR) is 39.6 cm³/mol. The van der Waals surface area contributed by atoms with Crippen molar-refractivity contribution >= 4 is 5.91 Å². The van der Waals surface area contributed by atoms with Gasteiger partial charge in [-0.05, 0) is 6.42 Å². The molecule has 0 aromatic heterocycles. The summed E-state index contributed by atoms with van der Waals surface area (Å²) in [6.07, 6.45) is 1.45. The van der Waals surface area contributed by atoms with Gasteiger partial charge >= 0.3 is 0 Å². The number of carbonyl (C=O) groups is 1. The molecule has 0 aromatic carbocycles. The number of rotatable bonds is 4. The van der Waals surface area contributed by atoms with Crippen LogP contribution in [0.2, 0.25) is 0 Å². The molecule has 1 N–H and O–H groups in total. The summed E-state index contributed by atoms with van der Waals surface area (Å²) in [5.41, 5.74) is 0. The monoisotopic (exact) mass is 145 g/mol. The van der Waals surface area contributed by atoms with Crippen molar-refractivity contribution in [1.82, 2.24) is 4.90 Å². The van der Waals surface area contributed by atoms with Crippen molar-refractivity contribution in [2.45, 2.75) is 19.8 Å². The quantitative estimate of drug-likeness (QED) is 0.615. The van der Waals surface area contributed by atoms with Crippen LogP contribution in [0.4, 0.5) is 0 Å². The summed E-state index contributed by atoms with van der Waals surface area (Å²) in [5.74, 6) is 0.108. The number of aliphatic hydroxyl groups excluding tert-OH is 1. The first kappa shape index (κ1) is 9.43. The van der Waals surface area contributed by atoms with Gasteiger partial charge in [-0.2, -0.15) is 0 Å². The van der Waals surface area contributed by atoms with Crippen LogP contribution in [-0.2, 0) is 4.79 Å². The van der Waals surface area contributed by atoms with E-state index in [0.29, 0.717) is 13.0 Å². The maximum absolute atomic E-state index is 10.9. The second-order valence-corrected chi connectivity index (χ2v) is 2.29. The van der Waals surface area contributed by atoms with Crippen LogP contribution in [0.15, 0.2) is 0 Å². The summed E-state index contributed by atoms with van der Waals surface area (Å²) >= 11 is 0. The maximum atomic E-state index is 10.9. The highest BCUT2D eigenvalue weighted by Gasteiger charge is 2.04. The molecule has 0 aliphatic rings. The molecule has 0 radical (unpaired) electrons. The third-order valence-corrected chi connectivity index (χ3v) is 1.33. The molecule has 0 bridgehead atoms. The van der Waals surface area contributed by atoms with Gasteiger partial charge < -0.3 is 10.0 Å². The zero-order valence-electron chi connectivity index (χ0n) is 6.63. The molecule has 3 heteroatoms. The molecular formula is C7H15NO2. The van der Waals surface area contributed by atoms with Crippen LogP contribution in [0.25, 0.3) is 0 Å². The molecule has 0 heterocycles. The lowest BCUT2D eigenvalue weighted by atomic mass is 10.3. The number of likely N-dealkylation sites (N-methyl/N-ethyl adjacent to an activating group) is 1. The molecule has 10 heavy (non-hydrogen) atoms. The molecule has 0 saturated heterocycles. The molecule has 0 aliphatic heterocycles. The topological polar surface area (TPSA) is 40.5 Å². The van der Waals surface area contributed by atoms with Gasteiger partial charge in [-0.1, -0.05) is 6.92 Å². The van der Waals surface area contributed by atoms with E-state index in [2.05, 4.69) is 0 Å². The van der Waals surface area contributed by atoms with Gasteiger partial charge in [0.25, 0.3) is 0 Å². The molecular weight excluding hydrogens is 130 g/mol. The van der Waals surface area contributed by atoms with Crippen LogP contribution in [-0.4, -0.2) is 36.1 Å².